The highest BCUT2D eigenvalue weighted by molar-refractivity contribution is 5.68. The SMILES string of the molecule is Cc1cc(C2CCN(C(=O)OC(C)(C)C)CC2)n2ncnc2n1. The lowest BCUT2D eigenvalue weighted by Gasteiger charge is -2.33. The summed E-state index contributed by atoms with van der Waals surface area (Å²) >= 11 is 0. The number of likely N-dealkylation sites (tertiary alicyclic amines) is 1. The van der Waals surface area contributed by atoms with Crippen LogP contribution in [0.4, 0.5) is 4.79 Å². The van der Waals surface area contributed by atoms with Crippen LogP contribution in [0.1, 0.15) is 50.9 Å². The number of carbonyl (C=O) groups is 1. The van der Waals surface area contributed by atoms with Crippen molar-refractivity contribution < 1.29 is 9.53 Å². The van der Waals surface area contributed by atoms with Crippen LogP contribution < -0.4 is 0 Å². The molecular formula is C16H23N5O2. The third kappa shape index (κ3) is 3.43. The van der Waals surface area contributed by atoms with Crippen molar-refractivity contribution in [1.82, 2.24) is 24.5 Å². The van der Waals surface area contributed by atoms with Gasteiger partial charge in [0.25, 0.3) is 5.78 Å². The number of aromatic nitrogens is 4. The van der Waals surface area contributed by atoms with E-state index in [-0.39, 0.29) is 6.09 Å². The number of carbonyl (C=O) groups excluding carboxylic acids is 1. The molecule has 1 aliphatic rings. The number of fused-ring (bicyclic) bond motifs is 1. The van der Waals surface area contributed by atoms with Gasteiger partial charge in [0, 0.05) is 24.7 Å². The van der Waals surface area contributed by atoms with Crippen LogP contribution >= 0.6 is 0 Å². The van der Waals surface area contributed by atoms with E-state index in [1.807, 2.05) is 27.7 Å². The van der Waals surface area contributed by atoms with Crippen LogP contribution in [0.25, 0.3) is 5.78 Å². The normalized spacial score (nSPS) is 16.8. The van der Waals surface area contributed by atoms with Crippen LogP contribution in [0, 0.1) is 6.92 Å². The molecular weight excluding hydrogens is 294 g/mol. The molecule has 1 aliphatic heterocycles. The van der Waals surface area contributed by atoms with Crippen molar-refractivity contribution in [3.63, 3.8) is 0 Å². The van der Waals surface area contributed by atoms with Gasteiger partial charge in [0.15, 0.2) is 0 Å². The average molecular weight is 317 g/mol. The minimum absolute atomic E-state index is 0.229. The summed E-state index contributed by atoms with van der Waals surface area (Å²) in [7, 11) is 0. The molecule has 0 radical (unpaired) electrons. The Balaban J connectivity index is 1.71. The highest BCUT2D eigenvalue weighted by atomic mass is 16.6. The van der Waals surface area contributed by atoms with Gasteiger partial charge in [-0.25, -0.2) is 14.3 Å². The average Bonchev–Trinajstić information content (AvgIpc) is 2.93. The Morgan fingerprint density at radius 1 is 1.30 bits per heavy atom. The van der Waals surface area contributed by atoms with Crippen molar-refractivity contribution in [2.45, 2.75) is 52.1 Å². The molecule has 0 aliphatic carbocycles. The summed E-state index contributed by atoms with van der Waals surface area (Å²) in [5.74, 6) is 0.981. The fourth-order valence-electron chi connectivity index (χ4n) is 2.93. The highest BCUT2D eigenvalue weighted by Gasteiger charge is 2.28. The smallest absolute Gasteiger partial charge is 0.410 e. The van der Waals surface area contributed by atoms with Crippen LogP contribution in [0.5, 0.6) is 0 Å². The van der Waals surface area contributed by atoms with Gasteiger partial charge in [-0.1, -0.05) is 0 Å². The molecule has 0 saturated carbocycles. The molecule has 3 rings (SSSR count). The van der Waals surface area contributed by atoms with Crippen LogP contribution in [0.15, 0.2) is 12.4 Å². The van der Waals surface area contributed by atoms with Gasteiger partial charge in [0.2, 0.25) is 0 Å². The second kappa shape index (κ2) is 5.79. The predicted octanol–water partition coefficient (Wildman–Crippen LogP) is 2.55. The summed E-state index contributed by atoms with van der Waals surface area (Å²) in [6.45, 7) is 9.01. The van der Waals surface area contributed by atoms with Crippen LogP contribution in [-0.4, -0.2) is 49.3 Å². The molecule has 0 atom stereocenters. The highest BCUT2D eigenvalue weighted by Crippen LogP contribution is 2.29. The van der Waals surface area contributed by atoms with Gasteiger partial charge in [0.1, 0.15) is 11.9 Å². The Morgan fingerprint density at radius 2 is 2.00 bits per heavy atom. The molecule has 0 bridgehead atoms. The number of rotatable bonds is 1. The first kappa shape index (κ1) is 15.7. The number of nitrogens with zero attached hydrogens (tertiary/aromatic N) is 5. The molecule has 1 fully saturated rings. The van der Waals surface area contributed by atoms with E-state index in [1.165, 1.54) is 6.33 Å². The first-order valence-electron chi connectivity index (χ1n) is 7.99. The van der Waals surface area contributed by atoms with Gasteiger partial charge in [-0.15, -0.1) is 0 Å². The second-order valence-corrected chi connectivity index (χ2v) is 7.04. The quantitative estimate of drug-likeness (QED) is 0.808. The predicted molar refractivity (Wildman–Crippen MR) is 85.3 cm³/mol. The minimum atomic E-state index is -0.455. The number of ether oxygens (including phenoxy) is 1. The summed E-state index contributed by atoms with van der Waals surface area (Å²) in [6, 6.07) is 2.06. The Hall–Kier alpha value is -2.18. The maximum Gasteiger partial charge on any atom is 0.410 e. The lowest BCUT2D eigenvalue weighted by atomic mass is 9.93. The van der Waals surface area contributed by atoms with Crippen molar-refractivity contribution in [3.8, 4) is 0 Å². The molecule has 23 heavy (non-hydrogen) atoms. The van der Waals surface area contributed by atoms with Crippen LogP contribution in [-0.2, 0) is 4.74 Å². The summed E-state index contributed by atoms with van der Waals surface area (Å²) < 4.78 is 7.25. The van der Waals surface area contributed by atoms with Gasteiger partial charge in [0.05, 0.1) is 5.69 Å². The summed E-state index contributed by atoms with van der Waals surface area (Å²) in [5.41, 5.74) is 1.60. The van der Waals surface area contributed by atoms with E-state index in [9.17, 15) is 4.79 Å². The molecule has 1 saturated heterocycles. The maximum atomic E-state index is 12.1. The number of aryl methyl sites for hydroxylation is 1. The lowest BCUT2D eigenvalue weighted by Crippen LogP contribution is -2.41. The molecule has 124 valence electrons. The fourth-order valence-corrected chi connectivity index (χ4v) is 2.93. The zero-order valence-corrected chi connectivity index (χ0v) is 14.1. The van der Waals surface area contributed by atoms with E-state index in [0.717, 1.165) is 24.2 Å². The lowest BCUT2D eigenvalue weighted by molar-refractivity contribution is 0.0203. The largest absolute Gasteiger partial charge is 0.444 e. The molecule has 1 amide bonds. The monoisotopic (exact) mass is 317 g/mol. The van der Waals surface area contributed by atoms with E-state index in [0.29, 0.717) is 24.8 Å². The molecule has 7 heteroatoms. The molecule has 2 aromatic heterocycles. The van der Waals surface area contributed by atoms with Crippen LogP contribution in [0.3, 0.4) is 0 Å². The Labute approximate surface area is 135 Å². The van der Waals surface area contributed by atoms with E-state index >= 15 is 0 Å². The Morgan fingerprint density at radius 3 is 2.65 bits per heavy atom. The van der Waals surface area contributed by atoms with Gasteiger partial charge in [-0.2, -0.15) is 10.1 Å². The zero-order valence-electron chi connectivity index (χ0n) is 14.1. The fraction of sp³-hybridized carbons (Fsp3) is 0.625. The van der Waals surface area contributed by atoms with E-state index in [4.69, 9.17) is 4.74 Å². The van der Waals surface area contributed by atoms with Crippen molar-refractivity contribution in [1.29, 1.82) is 0 Å². The number of piperidine rings is 1. The third-order valence-corrected chi connectivity index (χ3v) is 3.97. The topological polar surface area (TPSA) is 72.6 Å². The molecule has 0 unspecified atom stereocenters. The number of amides is 1. The summed E-state index contributed by atoms with van der Waals surface area (Å²) in [5, 5.41) is 4.28. The van der Waals surface area contributed by atoms with Gasteiger partial charge in [-0.05, 0) is 46.6 Å². The molecule has 7 nitrogen and oxygen atoms in total. The standard InChI is InChI=1S/C16H23N5O2/c1-11-9-13(21-14(19-11)17-10-18-21)12-5-7-20(8-6-12)15(22)23-16(2,3)4/h9-10,12H,5-8H2,1-4H3. The molecule has 0 N–H and O–H groups in total. The van der Waals surface area contributed by atoms with E-state index in [1.54, 1.807) is 9.42 Å². The second-order valence-electron chi connectivity index (χ2n) is 7.04. The number of hydrogen-bond donors (Lipinski definition) is 0. The van der Waals surface area contributed by atoms with Gasteiger partial charge in [-0.3, -0.25) is 0 Å². The third-order valence-electron chi connectivity index (χ3n) is 3.97. The molecule has 0 aromatic carbocycles. The number of hydrogen-bond acceptors (Lipinski definition) is 5. The van der Waals surface area contributed by atoms with Crippen LogP contribution in [0.2, 0.25) is 0 Å². The van der Waals surface area contributed by atoms with Crippen molar-refractivity contribution in [3.05, 3.63) is 23.8 Å². The van der Waals surface area contributed by atoms with Gasteiger partial charge >= 0.3 is 6.09 Å². The van der Waals surface area contributed by atoms with Gasteiger partial charge < -0.3 is 9.64 Å². The van der Waals surface area contributed by atoms with Crippen molar-refractivity contribution >= 4 is 11.9 Å². The minimum Gasteiger partial charge on any atom is -0.444 e. The first-order chi connectivity index (χ1) is 10.8. The summed E-state index contributed by atoms with van der Waals surface area (Å²) in [6.07, 6.45) is 3.07. The maximum absolute atomic E-state index is 12.1. The molecule has 0 spiro atoms. The van der Waals surface area contributed by atoms with Crippen molar-refractivity contribution in [2.24, 2.45) is 0 Å². The first-order valence-corrected chi connectivity index (χ1v) is 7.99. The summed E-state index contributed by atoms with van der Waals surface area (Å²) in [4.78, 5) is 22.5. The molecule has 2 aromatic rings. The van der Waals surface area contributed by atoms with Crippen molar-refractivity contribution in [2.75, 3.05) is 13.1 Å². The van der Waals surface area contributed by atoms with E-state index < -0.39 is 5.60 Å². The Bertz CT molecular complexity index is 711. The molecule has 3 heterocycles. The zero-order chi connectivity index (χ0) is 16.6. The Kier molecular flexibility index (Phi) is 3.95. The van der Waals surface area contributed by atoms with E-state index in [2.05, 4.69) is 21.1 Å².